The van der Waals surface area contributed by atoms with Crippen molar-refractivity contribution < 1.29 is 19.3 Å². The molecule has 0 radical (unpaired) electrons. The Balaban J connectivity index is 1.81. The van der Waals surface area contributed by atoms with Crippen molar-refractivity contribution in [2.75, 3.05) is 38.6 Å². The fourth-order valence-electron chi connectivity index (χ4n) is 2.78. The first-order valence-corrected chi connectivity index (χ1v) is 8.87. The van der Waals surface area contributed by atoms with E-state index in [1.54, 1.807) is 33.5 Å². The molecule has 0 saturated heterocycles. The summed E-state index contributed by atoms with van der Waals surface area (Å²) in [7, 11) is 4.64. The third-order valence-electron chi connectivity index (χ3n) is 4.18. The molecule has 0 aliphatic rings. The number of methoxy groups -OCH3 is 3. The maximum absolute atomic E-state index is 9.72. The van der Waals surface area contributed by atoms with E-state index in [9.17, 15) is 5.11 Å². The summed E-state index contributed by atoms with van der Waals surface area (Å²) in [5.74, 6) is 2.16. The van der Waals surface area contributed by atoms with Crippen LogP contribution in [0.15, 0.2) is 48.8 Å². The van der Waals surface area contributed by atoms with Crippen LogP contribution in [0.1, 0.15) is 11.6 Å². The van der Waals surface area contributed by atoms with Crippen LogP contribution in [0.3, 0.4) is 0 Å². The molecule has 3 rings (SSSR count). The van der Waals surface area contributed by atoms with Gasteiger partial charge in [0, 0.05) is 17.8 Å². The van der Waals surface area contributed by atoms with Crippen molar-refractivity contribution in [3.8, 4) is 17.2 Å². The quantitative estimate of drug-likeness (QED) is 0.502. The molecule has 0 aliphatic heterocycles. The van der Waals surface area contributed by atoms with Crippen molar-refractivity contribution >= 4 is 17.6 Å². The van der Waals surface area contributed by atoms with Gasteiger partial charge in [0.05, 0.1) is 34.0 Å². The summed E-state index contributed by atoms with van der Waals surface area (Å²) < 4.78 is 16.0. The zero-order valence-corrected chi connectivity index (χ0v) is 16.4. The van der Waals surface area contributed by atoms with Crippen molar-refractivity contribution in [1.82, 2.24) is 15.0 Å². The van der Waals surface area contributed by atoms with Crippen LogP contribution < -0.4 is 24.8 Å². The molecule has 0 saturated carbocycles. The minimum Gasteiger partial charge on any atom is -0.493 e. The third-order valence-corrected chi connectivity index (χ3v) is 4.18. The van der Waals surface area contributed by atoms with Crippen molar-refractivity contribution in [1.29, 1.82) is 0 Å². The third kappa shape index (κ3) is 4.82. The van der Waals surface area contributed by atoms with E-state index < -0.39 is 0 Å². The van der Waals surface area contributed by atoms with Gasteiger partial charge < -0.3 is 30.0 Å². The Kier molecular flexibility index (Phi) is 6.64. The molecular weight excluding hydrogens is 374 g/mol. The highest BCUT2D eigenvalue weighted by Gasteiger charge is 2.15. The lowest BCUT2D eigenvalue weighted by Gasteiger charge is -2.17. The summed E-state index contributed by atoms with van der Waals surface area (Å²) in [6.45, 7) is -0.106. The minimum atomic E-state index is -0.340. The molecule has 9 nitrogen and oxygen atoms in total. The first-order valence-electron chi connectivity index (χ1n) is 8.87. The van der Waals surface area contributed by atoms with Crippen LogP contribution in [0.25, 0.3) is 0 Å². The van der Waals surface area contributed by atoms with Gasteiger partial charge in [0.1, 0.15) is 6.33 Å². The second-order valence-electron chi connectivity index (χ2n) is 5.96. The van der Waals surface area contributed by atoms with E-state index in [1.165, 1.54) is 6.33 Å². The van der Waals surface area contributed by atoms with Crippen molar-refractivity contribution in [3.05, 3.63) is 54.4 Å². The predicted molar refractivity (Wildman–Crippen MR) is 109 cm³/mol. The van der Waals surface area contributed by atoms with E-state index in [1.807, 2.05) is 30.3 Å². The molecule has 1 atom stereocenters. The lowest BCUT2D eigenvalue weighted by molar-refractivity contribution is 0.276. The fraction of sp³-hybridized carbons (Fsp3) is 0.250. The van der Waals surface area contributed by atoms with E-state index in [2.05, 4.69) is 25.6 Å². The van der Waals surface area contributed by atoms with Gasteiger partial charge in [0.25, 0.3) is 0 Å². The smallest absolute Gasteiger partial charge is 0.231 e. The highest BCUT2D eigenvalue weighted by molar-refractivity contribution is 5.65. The second-order valence-corrected chi connectivity index (χ2v) is 5.96. The van der Waals surface area contributed by atoms with Crippen LogP contribution in [-0.2, 0) is 0 Å². The molecule has 0 unspecified atom stereocenters. The normalized spacial score (nSPS) is 11.4. The molecule has 0 bridgehead atoms. The molecule has 0 amide bonds. The maximum atomic E-state index is 9.72. The zero-order valence-electron chi connectivity index (χ0n) is 16.4. The molecule has 0 spiro atoms. The van der Waals surface area contributed by atoms with Gasteiger partial charge in [-0.2, -0.15) is 4.98 Å². The van der Waals surface area contributed by atoms with Crippen LogP contribution in [-0.4, -0.2) is 48.0 Å². The van der Waals surface area contributed by atoms with E-state index in [4.69, 9.17) is 14.2 Å². The van der Waals surface area contributed by atoms with Gasteiger partial charge in [-0.25, -0.2) is 9.97 Å². The largest absolute Gasteiger partial charge is 0.493 e. The van der Waals surface area contributed by atoms with Gasteiger partial charge in [-0.15, -0.1) is 0 Å². The van der Waals surface area contributed by atoms with Crippen molar-refractivity contribution in [3.63, 3.8) is 0 Å². The summed E-state index contributed by atoms with van der Waals surface area (Å²) in [5.41, 5.74) is 1.58. The number of hydrogen-bond donors (Lipinski definition) is 3. The zero-order chi connectivity index (χ0) is 20.6. The fourth-order valence-corrected chi connectivity index (χ4v) is 2.78. The number of anilines is 3. The predicted octanol–water partition coefficient (Wildman–Crippen LogP) is 2.79. The first kappa shape index (κ1) is 20.2. The Morgan fingerprint density at radius 1 is 0.931 bits per heavy atom. The Morgan fingerprint density at radius 3 is 2.17 bits per heavy atom. The number of rotatable bonds is 9. The van der Waals surface area contributed by atoms with Crippen LogP contribution >= 0.6 is 0 Å². The van der Waals surface area contributed by atoms with Crippen molar-refractivity contribution in [2.24, 2.45) is 0 Å². The number of ether oxygens (including phenoxy) is 3. The summed E-state index contributed by atoms with van der Waals surface area (Å²) in [6, 6.07) is 12.7. The molecule has 2 aromatic carbocycles. The maximum Gasteiger partial charge on any atom is 0.231 e. The Hall–Kier alpha value is -3.59. The number of nitrogens with one attached hydrogen (secondary N) is 2. The molecule has 9 heteroatoms. The molecule has 29 heavy (non-hydrogen) atoms. The summed E-state index contributed by atoms with van der Waals surface area (Å²) in [6.07, 6.45) is 1.38. The summed E-state index contributed by atoms with van der Waals surface area (Å²) >= 11 is 0. The van der Waals surface area contributed by atoms with Crippen LogP contribution in [0.5, 0.6) is 17.2 Å². The lowest BCUT2D eigenvalue weighted by atomic mass is 10.1. The topological polar surface area (TPSA) is 111 Å². The van der Waals surface area contributed by atoms with Crippen molar-refractivity contribution in [2.45, 2.75) is 6.04 Å². The molecule has 1 aromatic heterocycles. The number of hydrogen-bond acceptors (Lipinski definition) is 9. The van der Waals surface area contributed by atoms with Gasteiger partial charge in [0.15, 0.2) is 11.5 Å². The standard InChI is InChI=1S/C20H23N5O4/c1-27-16-9-14(10-17(28-2)18(16)29-3)23-19-21-12-22-20(25-19)24-15(11-26)13-7-5-4-6-8-13/h4-10,12,15,26H,11H2,1-3H3,(H2,21,22,23,24,25)/t15-/m1/s1. The summed E-state index contributed by atoms with van der Waals surface area (Å²) in [5, 5.41) is 15.9. The van der Waals surface area contributed by atoms with Gasteiger partial charge in [-0.05, 0) is 5.56 Å². The van der Waals surface area contributed by atoms with E-state index in [-0.39, 0.29) is 12.6 Å². The second kappa shape index (κ2) is 9.56. The van der Waals surface area contributed by atoms with Crippen LogP contribution in [0.4, 0.5) is 17.6 Å². The molecule has 152 valence electrons. The number of aromatic nitrogens is 3. The Bertz CT molecular complexity index is 914. The minimum absolute atomic E-state index is 0.106. The number of aliphatic hydroxyl groups excluding tert-OH is 1. The molecule has 0 aliphatic carbocycles. The van der Waals surface area contributed by atoms with E-state index in [0.717, 1.165) is 5.56 Å². The average Bonchev–Trinajstić information content (AvgIpc) is 2.77. The van der Waals surface area contributed by atoms with Gasteiger partial charge in [-0.1, -0.05) is 30.3 Å². The SMILES string of the molecule is COc1cc(Nc2ncnc(N[C@H](CO)c3ccccc3)n2)cc(OC)c1OC. The summed E-state index contributed by atoms with van der Waals surface area (Å²) in [4.78, 5) is 12.6. The van der Waals surface area contributed by atoms with Gasteiger partial charge in [0.2, 0.25) is 17.6 Å². The number of benzene rings is 2. The first-order chi connectivity index (χ1) is 14.2. The highest BCUT2D eigenvalue weighted by atomic mass is 16.5. The molecular formula is C20H23N5O4. The highest BCUT2D eigenvalue weighted by Crippen LogP contribution is 2.40. The molecule has 1 heterocycles. The molecule has 3 aromatic rings. The number of aliphatic hydroxyl groups is 1. The van der Waals surface area contributed by atoms with E-state index in [0.29, 0.717) is 34.8 Å². The molecule has 0 fully saturated rings. The van der Waals surface area contributed by atoms with Crippen LogP contribution in [0.2, 0.25) is 0 Å². The monoisotopic (exact) mass is 397 g/mol. The molecule has 3 N–H and O–H groups in total. The Morgan fingerprint density at radius 2 is 1.59 bits per heavy atom. The van der Waals surface area contributed by atoms with Gasteiger partial charge in [-0.3, -0.25) is 0 Å². The lowest BCUT2D eigenvalue weighted by Crippen LogP contribution is -2.17. The van der Waals surface area contributed by atoms with Gasteiger partial charge >= 0.3 is 0 Å². The number of nitrogens with zero attached hydrogens (tertiary/aromatic N) is 3. The average molecular weight is 397 g/mol. The Labute approximate surface area is 168 Å². The van der Waals surface area contributed by atoms with Crippen LogP contribution in [0, 0.1) is 0 Å². The van der Waals surface area contributed by atoms with E-state index >= 15 is 0 Å².